The molecule has 1 heterocycles. The Bertz CT molecular complexity index is 866. The second-order valence-electron chi connectivity index (χ2n) is 5.78. The summed E-state index contributed by atoms with van der Waals surface area (Å²) < 4.78 is 10.4. The Balaban J connectivity index is 1.66. The first-order valence-corrected chi connectivity index (χ1v) is 9.29. The van der Waals surface area contributed by atoms with E-state index in [1.807, 2.05) is 54.6 Å². The lowest BCUT2D eigenvalue weighted by Gasteiger charge is -2.17. The van der Waals surface area contributed by atoms with Gasteiger partial charge in [0.15, 0.2) is 5.13 Å². The first kappa shape index (κ1) is 18.9. The van der Waals surface area contributed by atoms with Crippen LogP contribution in [0.5, 0.6) is 5.75 Å². The first-order chi connectivity index (χ1) is 13.2. The fraction of sp³-hybridized carbons (Fsp3) is 0.200. The van der Waals surface area contributed by atoms with Crippen LogP contribution in [0.15, 0.2) is 60.0 Å². The van der Waals surface area contributed by atoms with Gasteiger partial charge in [0.05, 0.1) is 19.8 Å². The molecule has 1 atom stereocenters. The number of benzene rings is 2. The first-order valence-electron chi connectivity index (χ1n) is 8.41. The van der Waals surface area contributed by atoms with Gasteiger partial charge in [-0.25, -0.2) is 4.98 Å². The quantitative estimate of drug-likeness (QED) is 0.615. The van der Waals surface area contributed by atoms with E-state index in [4.69, 9.17) is 9.47 Å². The van der Waals surface area contributed by atoms with Gasteiger partial charge in [0.2, 0.25) is 0 Å². The van der Waals surface area contributed by atoms with Crippen molar-refractivity contribution in [2.24, 2.45) is 0 Å². The molecule has 0 aliphatic heterocycles. The van der Waals surface area contributed by atoms with E-state index in [0.717, 1.165) is 17.0 Å². The lowest BCUT2D eigenvalue weighted by Crippen LogP contribution is -2.31. The van der Waals surface area contributed by atoms with Crippen molar-refractivity contribution in [2.45, 2.75) is 6.04 Å². The molecule has 6 nitrogen and oxygen atoms in total. The van der Waals surface area contributed by atoms with Crippen molar-refractivity contribution in [3.63, 3.8) is 0 Å². The van der Waals surface area contributed by atoms with Crippen molar-refractivity contribution in [3.8, 4) is 5.75 Å². The number of amides is 1. The molecule has 27 heavy (non-hydrogen) atoms. The number of carbonyl (C=O) groups excluding carboxylic acids is 1. The third-order valence-electron chi connectivity index (χ3n) is 3.92. The third kappa shape index (κ3) is 5.06. The van der Waals surface area contributed by atoms with Gasteiger partial charge in [-0.2, -0.15) is 0 Å². The standard InChI is InChI=1S/C20H21N3O3S/c1-25-12-17(14-6-4-3-5-7-14)22-19(24)18-13-27-20(23-18)21-15-8-10-16(26-2)11-9-15/h3-11,13,17H,12H2,1-2H3,(H,21,23)(H,22,24). The number of rotatable bonds is 8. The average Bonchev–Trinajstić information content (AvgIpc) is 3.17. The van der Waals surface area contributed by atoms with Crippen molar-refractivity contribution >= 4 is 28.1 Å². The molecule has 1 aromatic heterocycles. The largest absolute Gasteiger partial charge is 0.497 e. The van der Waals surface area contributed by atoms with Gasteiger partial charge in [-0.15, -0.1) is 11.3 Å². The fourth-order valence-corrected chi connectivity index (χ4v) is 3.25. The van der Waals surface area contributed by atoms with Crippen LogP contribution in [0.25, 0.3) is 0 Å². The Morgan fingerprint density at radius 1 is 1.11 bits per heavy atom. The number of nitrogens with one attached hydrogen (secondary N) is 2. The summed E-state index contributed by atoms with van der Waals surface area (Å²) in [4.78, 5) is 17.0. The highest BCUT2D eigenvalue weighted by atomic mass is 32.1. The van der Waals surface area contributed by atoms with E-state index in [0.29, 0.717) is 17.4 Å². The molecule has 0 saturated carbocycles. The topological polar surface area (TPSA) is 72.5 Å². The Kier molecular flexibility index (Phi) is 6.40. The van der Waals surface area contributed by atoms with Gasteiger partial charge in [-0.1, -0.05) is 30.3 Å². The van der Waals surface area contributed by atoms with Crippen LogP contribution < -0.4 is 15.4 Å². The zero-order valence-electron chi connectivity index (χ0n) is 15.1. The van der Waals surface area contributed by atoms with E-state index in [1.54, 1.807) is 19.6 Å². The molecule has 3 rings (SSSR count). The molecular formula is C20H21N3O3S. The molecule has 1 unspecified atom stereocenters. The van der Waals surface area contributed by atoms with Gasteiger partial charge in [0.1, 0.15) is 11.4 Å². The molecule has 0 aliphatic rings. The number of carbonyl (C=O) groups is 1. The number of aromatic nitrogens is 1. The fourth-order valence-electron chi connectivity index (χ4n) is 2.54. The summed E-state index contributed by atoms with van der Waals surface area (Å²) in [5.74, 6) is 0.546. The van der Waals surface area contributed by atoms with Crippen molar-refractivity contribution in [3.05, 3.63) is 71.2 Å². The average molecular weight is 383 g/mol. The van der Waals surface area contributed by atoms with Gasteiger partial charge < -0.3 is 20.1 Å². The zero-order valence-corrected chi connectivity index (χ0v) is 16.0. The van der Waals surface area contributed by atoms with E-state index in [1.165, 1.54) is 11.3 Å². The summed E-state index contributed by atoms with van der Waals surface area (Å²) in [6.07, 6.45) is 0. The maximum absolute atomic E-state index is 12.6. The van der Waals surface area contributed by atoms with Crippen molar-refractivity contribution < 1.29 is 14.3 Å². The molecule has 2 aromatic carbocycles. The van der Waals surface area contributed by atoms with E-state index in [2.05, 4.69) is 15.6 Å². The monoisotopic (exact) mass is 383 g/mol. The molecule has 140 valence electrons. The van der Waals surface area contributed by atoms with Gasteiger partial charge in [0, 0.05) is 18.2 Å². The predicted octanol–water partition coefficient (Wildman–Crippen LogP) is 4.01. The van der Waals surface area contributed by atoms with E-state index < -0.39 is 0 Å². The van der Waals surface area contributed by atoms with E-state index >= 15 is 0 Å². The number of thiazole rings is 1. The summed E-state index contributed by atoms with van der Waals surface area (Å²) >= 11 is 1.37. The molecule has 7 heteroatoms. The van der Waals surface area contributed by atoms with Crippen molar-refractivity contribution in [2.75, 3.05) is 26.1 Å². The SMILES string of the molecule is COCC(NC(=O)c1csc(Nc2ccc(OC)cc2)n1)c1ccccc1. The third-order valence-corrected chi connectivity index (χ3v) is 4.68. The molecular weight excluding hydrogens is 362 g/mol. The number of nitrogens with zero attached hydrogens (tertiary/aromatic N) is 1. The second-order valence-corrected chi connectivity index (χ2v) is 6.64. The molecule has 1 amide bonds. The Morgan fingerprint density at radius 3 is 2.52 bits per heavy atom. The molecule has 3 aromatic rings. The van der Waals surface area contributed by atoms with Crippen LogP contribution in [0.3, 0.4) is 0 Å². The van der Waals surface area contributed by atoms with Crippen LogP contribution in [0.2, 0.25) is 0 Å². The molecule has 0 bridgehead atoms. The normalized spacial score (nSPS) is 11.6. The maximum atomic E-state index is 12.6. The lowest BCUT2D eigenvalue weighted by atomic mass is 10.1. The zero-order chi connectivity index (χ0) is 19.1. The molecule has 0 aliphatic carbocycles. The van der Waals surface area contributed by atoms with Gasteiger partial charge >= 0.3 is 0 Å². The van der Waals surface area contributed by atoms with Crippen LogP contribution in [0.1, 0.15) is 22.1 Å². The highest BCUT2D eigenvalue weighted by molar-refractivity contribution is 7.14. The highest BCUT2D eigenvalue weighted by Gasteiger charge is 2.18. The number of anilines is 2. The van der Waals surface area contributed by atoms with Crippen molar-refractivity contribution in [1.29, 1.82) is 0 Å². The predicted molar refractivity (Wildman–Crippen MR) is 107 cm³/mol. The summed E-state index contributed by atoms with van der Waals surface area (Å²) in [7, 11) is 3.24. The molecule has 0 radical (unpaired) electrons. The Hall–Kier alpha value is -2.90. The van der Waals surface area contributed by atoms with Crippen LogP contribution in [0.4, 0.5) is 10.8 Å². The Morgan fingerprint density at radius 2 is 1.85 bits per heavy atom. The van der Waals surface area contributed by atoms with Crippen LogP contribution in [-0.4, -0.2) is 31.7 Å². The van der Waals surface area contributed by atoms with Crippen LogP contribution in [-0.2, 0) is 4.74 Å². The maximum Gasteiger partial charge on any atom is 0.271 e. The summed E-state index contributed by atoms with van der Waals surface area (Å²) in [5.41, 5.74) is 2.23. The number of hydrogen-bond donors (Lipinski definition) is 2. The van der Waals surface area contributed by atoms with E-state index in [9.17, 15) is 4.79 Å². The second kappa shape index (κ2) is 9.16. The Labute approximate surface area is 162 Å². The molecule has 0 saturated heterocycles. The lowest BCUT2D eigenvalue weighted by molar-refractivity contribution is 0.0892. The molecule has 0 fully saturated rings. The highest BCUT2D eigenvalue weighted by Crippen LogP contribution is 2.23. The number of ether oxygens (including phenoxy) is 2. The van der Waals surface area contributed by atoms with Crippen LogP contribution >= 0.6 is 11.3 Å². The van der Waals surface area contributed by atoms with Crippen molar-refractivity contribution in [1.82, 2.24) is 10.3 Å². The van der Waals surface area contributed by atoms with Crippen LogP contribution in [0, 0.1) is 0 Å². The van der Waals surface area contributed by atoms with Gasteiger partial charge in [-0.05, 0) is 29.8 Å². The smallest absolute Gasteiger partial charge is 0.271 e. The number of hydrogen-bond acceptors (Lipinski definition) is 6. The minimum atomic E-state index is -0.236. The van der Waals surface area contributed by atoms with Gasteiger partial charge in [-0.3, -0.25) is 4.79 Å². The van der Waals surface area contributed by atoms with Gasteiger partial charge in [0.25, 0.3) is 5.91 Å². The number of methoxy groups -OCH3 is 2. The summed E-state index contributed by atoms with van der Waals surface area (Å²) in [6, 6.07) is 17.0. The summed E-state index contributed by atoms with van der Waals surface area (Å²) in [5, 5.41) is 8.55. The summed E-state index contributed by atoms with van der Waals surface area (Å²) in [6.45, 7) is 0.386. The van der Waals surface area contributed by atoms with E-state index in [-0.39, 0.29) is 11.9 Å². The molecule has 0 spiro atoms. The molecule has 2 N–H and O–H groups in total. The minimum Gasteiger partial charge on any atom is -0.497 e. The minimum absolute atomic E-state index is 0.233.